The molecule has 0 bridgehead atoms. The molecule has 0 radical (unpaired) electrons. The normalized spacial score (nSPS) is 15.3. The van der Waals surface area contributed by atoms with Gasteiger partial charge in [-0.1, -0.05) is 45.4 Å². The molecule has 3 heteroatoms. The zero-order valence-corrected chi connectivity index (χ0v) is 13.1. The van der Waals surface area contributed by atoms with Crippen LogP contribution in [0, 0.1) is 17.2 Å². The van der Waals surface area contributed by atoms with Crippen LogP contribution in [-0.4, -0.2) is 6.04 Å². The maximum atomic E-state index is 13.7. The SMILES string of the molecule is CC(CC(N)Cc1ccc(Cl)cc1F)CC(C)(C)C. The third-order valence-electron chi connectivity index (χ3n) is 3.16. The van der Waals surface area contributed by atoms with E-state index in [1.807, 2.05) is 0 Å². The monoisotopic (exact) mass is 285 g/mol. The van der Waals surface area contributed by atoms with E-state index >= 15 is 0 Å². The Labute approximate surface area is 121 Å². The molecule has 0 aliphatic heterocycles. The first-order valence-corrected chi connectivity index (χ1v) is 7.24. The second-order valence-electron chi connectivity index (χ2n) is 6.81. The van der Waals surface area contributed by atoms with Crippen molar-refractivity contribution in [3.8, 4) is 0 Å². The number of hydrogen-bond acceptors (Lipinski definition) is 1. The summed E-state index contributed by atoms with van der Waals surface area (Å²) in [6.07, 6.45) is 2.61. The van der Waals surface area contributed by atoms with Crippen molar-refractivity contribution >= 4 is 11.6 Å². The van der Waals surface area contributed by atoms with Gasteiger partial charge in [0, 0.05) is 11.1 Å². The molecule has 1 nitrogen and oxygen atoms in total. The van der Waals surface area contributed by atoms with Crippen molar-refractivity contribution in [2.24, 2.45) is 17.1 Å². The van der Waals surface area contributed by atoms with E-state index < -0.39 is 0 Å². The summed E-state index contributed by atoms with van der Waals surface area (Å²) in [7, 11) is 0. The molecule has 1 aromatic rings. The summed E-state index contributed by atoms with van der Waals surface area (Å²) >= 11 is 5.74. The molecule has 0 saturated heterocycles. The molecule has 108 valence electrons. The standard InChI is InChI=1S/C16H25ClFN/c1-11(10-16(2,3)4)7-14(19)8-12-5-6-13(17)9-15(12)18/h5-6,9,11,14H,7-8,10,19H2,1-4H3. The fourth-order valence-electron chi connectivity index (χ4n) is 2.70. The van der Waals surface area contributed by atoms with Crippen LogP contribution in [0.15, 0.2) is 18.2 Å². The largest absolute Gasteiger partial charge is 0.327 e. The summed E-state index contributed by atoms with van der Waals surface area (Å²) in [6, 6.07) is 4.78. The lowest BCUT2D eigenvalue weighted by Crippen LogP contribution is -2.27. The van der Waals surface area contributed by atoms with Crippen LogP contribution in [0.1, 0.15) is 46.1 Å². The van der Waals surface area contributed by atoms with Crippen molar-refractivity contribution in [2.75, 3.05) is 0 Å². The molecule has 0 aliphatic rings. The topological polar surface area (TPSA) is 26.0 Å². The predicted molar refractivity (Wildman–Crippen MR) is 80.9 cm³/mol. The summed E-state index contributed by atoms with van der Waals surface area (Å²) in [4.78, 5) is 0. The van der Waals surface area contributed by atoms with Gasteiger partial charge in [0.05, 0.1) is 0 Å². The number of halogens is 2. The maximum Gasteiger partial charge on any atom is 0.127 e. The molecule has 0 aromatic heterocycles. The van der Waals surface area contributed by atoms with Crippen LogP contribution >= 0.6 is 11.6 Å². The minimum Gasteiger partial charge on any atom is -0.327 e. The molecule has 0 heterocycles. The Morgan fingerprint density at radius 1 is 1.32 bits per heavy atom. The van der Waals surface area contributed by atoms with Gasteiger partial charge in [0.25, 0.3) is 0 Å². The van der Waals surface area contributed by atoms with Crippen molar-refractivity contribution in [1.82, 2.24) is 0 Å². The summed E-state index contributed by atoms with van der Waals surface area (Å²) in [6.45, 7) is 8.90. The quantitative estimate of drug-likeness (QED) is 0.825. The molecule has 0 amide bonds. The van der Waals surface area contributed by atoms with Crippen LogP contribution < -0.4 is 5.73 Å². The minimum absolute atomic E-state index is 0.00646. The van der Waals surface area contributed by atoms with Gasteiger partial charge >= 0.3 is 0 Å². The molecule has 2 unspecified atom stereocenters. The predicted octanol–water partition coefficient (Wildman–Crippen LogP) is 4.81. The Kier molecular flexibility index (Phi) is 5.82. The second-order valence-corrected chi connectivity index (χ2v) is 7.24. The van der Waals surface area contributed by atoms with Gasteiger partial charge in [-0.25, -0.2) is 4.39 Å². The van der Waals surface area contributed by atoms with Crippen LogP contribution in [0.2, 0.25) is 5.02 Å². The molecular formula is C16H25ClFN. The maximum absolute atomic E-state index is 13.7. The van der Waals surface area contributed by atoms with Gasteiger partial charge in [0.15, 0.2) is 0 Å². The molecule has 0 spiro atoms. The minimum atomic E-state index is -0.258. The molecule has 0 saturated carbocycles. The van der Waals surface area contributed by atoms with E-state index in [-0.39, 0.29) is 11.9 Å². The van der Waals surface area contributed by atoms with Crippen LogP contribution in [0.5, 0.6) is 0 Å². The van der Waals surface area contributed by atoms with Gasteiger partial charge in [-0.05, 0) is 48.3 Å². The molecule has 0 fully saturated rings. The van der Waals surface area contributed by atoms with Gasteiger partial charge in [-0.2, -0.15) is 0 Å². The molecule has 2 atom stereocenters. The highest BCUT2D eigenvalue weighted by atomic mass is 35.5. The average molecular weight is 286 g/mol. The summed E-state index contributed by atoms with van der Waals surface area (Å²) < 4.78 is 13.7. The summed E-state index contributed by atoms with van der Waals surface area (Å²) in [5.41, 5.74) is 7.10. The van der Waals surface area contributed by atoms with E-state index in [0.29, 0.717) is 28.3 Å². The second kappa shape index (κ2) is 6.71. The van der Waals surface area contributed by atoms with Crippen LogP contribution in [-0.2, 0) is 6.42 Å². The molecule has 1 aromatic carbocycles. The molecule has 2 N–H and O–H groups in total. The number of nitrogens with two attached hydrogens (primary N) is 1. The zero-order chi connectivity index (χ0) is 14.6. The number of rotatable bonds is 5. The Hall–Kier alpha value is -0.600. The van der Waals surface area contributed by atoms with Crippen LogP contribution in [0.25, 0.3) is 0 Å². The van der Waals surface area contributed by atoms with Crippen LogP contribution in [0.3, 0.4) is 0 Å². The molecule has 1 rings (SSSR count). The Bertz CT molecular complexity index is 412. The highest BCUT2D eigenvalue weighted by molar-refractivity contribution is 6.30. The highest BCUT2D eigenvalue weighted by Gasteiger charge is 2.18. The number of benzene rings is 1. The van der Waals surface area contributed by atoms with Crippen molar-refractivity contribution in [3.05, 3.63) is 34.6 Å². The Balaban J connectivity index is 2.53. The van der Waals surface area contributed by atoms with Crippen molar-refractivity contribution in [3.63, 3.8) is 0 Å². The zero-order valence-electron chi connectivity index (χ0n) is 12.3. The van der Waals surface area contributed by atoms with Gasteiger partial charge < -0.3 is 5.73 Å². The lowest BCUT2D eigenvalue weighted by molar-refractivity contribution is 0.285. The van der Waals surface area contributed by atoms with Crippen molar-refractivity contribution in [2.45, 2.75) is 53.0 Å². The van der Waals surface area contributed by atoms with E-state index in [2.05, 4.69) is 27.7 Å². The first-order valence-electron chi connectivity index (χ1n) is 6.87. The lowest BCUT2D eigenvalue weighted by Gasteiger charge is -2.25. The summed E-state index contributed by atoms with van der Waals surface area (Å²) in [5.74, 6) is 0.289. The van der Waals surface area contributed by atoms with Gasteiger partial charge in [-0.15, -0.1) is 0 Å². The van der Waals surface area contributed by atoms with Crippen molar-refractivity contribution in [1.29, 1.82) is 0 Å². The smallest absolute Gasteiger partial charge is 0.127 e. The Morgan fingerprint density at radius 3 is 2.47 bits per heavy atom. The molecule has 19 heavy (non-hydrogen) atoms. The first kappa shape index (κ1) is 16.5. The van der Waals surface area contributed by atoms with Gasteiger partial charge in [-0.3, -0.25) is 0 Å². The fourth-order valence-corrected chi connectivity index (χ4v) is 2.86. The van der Waals surface area contributed by atoms with Gasteiger partial charge in [0.1, 0.15) is 5.82 Å². The lowest BCUT2D eigenvalue weighted by atomic mass is 9.82. The van der Waals surface area contributed by atoms with E-state index in [0.717, 1.165) is 12.8 Å². The van der Waals surface area contributed by atoms with E-state index in [1.165, 1.54) is 6.07 Å². The molecular weight excluding hydrogens is 261 g/mol. The van der Waals surface area contributed by atoms with Crippen molar-refractivity contribution < 1.29 is 4.39 Å². The summed E-state index contributed by atoms with van der Waals surface area (Å²) in [5, 5.41) is 0.427. The number of hydrogen-bond donors (Lipinski definition) is 1. The third-order valence-corrected chi connectivity index (χ3v) is 3.40. The highest BCUT2D eigenvalue weighted by Crippen LogP contribution is 2.27. The third kappa shape index (κ3) is 6.40. The fraction of sp³-hybridized carbons (Fsp3) is 0.625. The molecule has 0 aliphatic carbocycles. The van der Waals surface area contributed by atoms with E-state index in [9.17, 15) is 4.39 Å². The van der Waals surface area contributed by atoms with Gasteiger partial charge in [0.2, 0.25) is 0 Å². The van der Waals surface area contributed by atoms with E-state index in [1.54, 1.807) is 12.1 Å². The van der Waals surface area contributed by atoms with Crippen LogP contribution in [0.4, 0.5) is 4.39 Å². The Morgan fingerprint density at radius 2 is 1.95 bits per heavy atom. The average Bonchev–Trinajstić information content (AvgIpc) is 2.19. The first-order chi connectivity index (χ1) is 8.67. The van der Waals surface area contributed by atoms with E-state index in [4.69, 9.17) is 17.3 Å².